The lowest BCUT2D eigenvalue weighted by molar-refractivity contribution is -0.200. The maximum absolute atomic E-state index is 13.4. The molecule has 0 unspecified atom stereocenters. The van der Waals surface area contributed by atoms with E-state index in [1.54, 1.807) is 26.0 Å². The number of allylic oxidation sites excluding steroid dienone is 1. The first-order valence-electron chi connectivity index (χ1n) is 15.0. The lowest BCUT2D eigenvalue weighted by atomic mass is 9.44. The highest BCUT2D eigenvalue weighted by Crippen LogP contribution is 2.73. The molecule has 0 bridgehead atoms. The first kappa shape index (κ1) is 28.1. The molecule has 0 amide bonds. The van der Waals surface area contributed by atoms with Crippen molar-refractivity contribution in [1.29, 1.82) is 0 Å². The van der Waals surface area contributed by atoms with Gasteiger partial charge in [0.15, 0.2) is 5.78 Å². The Hall–Kier alpha value is -2.03. The lowest BCUT2D eigenvalue weighted by Gasteiger charge is -2.58. The summed E-state index contributed by atoms with van der Waals surface area (Å²) in [4.78, 5) is 37.2. The topological polar surface area (TPSA) is 112 Å². The maximum Gasteiger partial charge on any atom is 0.336 e. The third-order valence-corrected chi connectivity index (χ3v) is 12.3. The van der Waals surface area contributed by atoms with Gasteiger partial charge >= 0.3 is 5.97 Å². The molecule has 0 aromatic carbocycles. The third kappa shape index (κ3) is 3.77. The van der Waals surface area contributed by atoms with Gasteiger partial charge in [-0.15, -0.1) is 0 Å². The van der Waals surface area contributed by atoms with Gasteiger partial charge in [0, 0.05) is 20.3 Å². The summed E-state index contributed by atoms with van der Waals surface area (Å²) in [6.07, 6.45) is 7.98. The molecule has 0 aromatic rings. The van der Waals surface area contributed by atoms with Crippen molar-refractivity contribution in [2.24, 2.45) is 40.4 Å². The van der Waals surface area contributed by atoms with E-state index in [1.165, 1.54) is 0 Å². The van der Waals surface area contributed by atoms with Gasteiger partial charge in [-0.3, -0.25) is 9.59 Å². The van der Waals surface area contributed by atoms with Crippen molar-refractivity contribution >= 4 is 18.2 Å². The standard InChI is InChI=1S/C32H44O8/c1-17-13-24(39-28(36)20(17)15-37-29(3,4)38-16-33)18(2)21-7-8-22-19-14-27-32(40-27)26(35)10-9-25(34)31(32,6)23(19)11-12-30(21,22)5/h9-10,16,18-19,21-24,26-27,35H,7-8,11-15H2,1-6H3/t18-,19-,21+,22-,23-,24+,26-,27+,30+,31-,32+/m0/s1. The number of fused-ring (bicyclic) bond motifs is 4. The van der Waals surface area contributed by atoms with E-state index in [2.05, 4.69) is 20.8 Å². The van der Waals surface area contributed by atoms with Gasteiger partial charge in [-0.25, -0.2) is 4.79 Å². The van der Waals surface area contributed by atoms with Gasteiger partial charge in [-0.2, -0.15) is 0 Å². The van der Waals surface area contributed by atoms with Crippen LogP contribution in [0.3, 0.4) is 0 Å². The number of carbonyl (C=O) groups is 3. The molecule has 2 aliphatic heterocycles. The largest absolute Gasteiger partial charge is 0.458 e. The number of hydrogen-bond donors (Lipinski definition) is 1. The first-order valence-corrected chi connectivity index (χ1v) is 15.0. The van der Waals surface area contributed by atoms with E-state index in [-0.39, 0.29) is 47.8 Å². The normalized spacial score (nSPS) is 46.5. The monoisotopic (exact) mass is 556 g/mol. The van der Waals surface area contributed by atoms with Crippen LogP contribution in [0.4, 0.5) is 0 Å². The zero-order chi connectivity index (χ0) is 28.8. The Bertz CT molecular complexity index is 1170. The minimum Gasteiger partial charge on any atom is -0.458 e. The van der Waals surface area contributed by atoms with Crippen molar-refractivity contribution in [3.63, 3.8) is 0 Å². The molecule has 4 fully saturated rings. The molecule has 6 aliphatic rings. The van der Waals surface area contributed by atoms with Crippen LogP contribution >= 0.6 is 0 Å². The zero-order valence-electron chi connectivity index (χ0n) is 24.6. The molecule has 2 heterocycles. The summed E-state index contributed by atoms with van der Waals surface area (Å²) in [6, 6.07) is 0. The second kappa shape index (κ2) is 9.23. The summed E-state index contributed by atoms with van der Waals surface area (Å²) in [5.41, 5.74) is 0.142. The number of rotatable bonds is 7. The van der Waals surface area contributed by atoms with Crippen LogP contribution < -0.4 is 0 Å². The number of aliphatic hydroxyl groups is 1. The number of esters is 1. The molecule has 6 rings (SSSR count). The van der Waals surface area contributed by atoms with Crippen molar-refractivity contribution in [1.82, 2.24) is 0 Å². The summed E-state index contributed by atoms with van der Waals surface area (Å²) in [5.74, 6) is 0.318. The van der Waals surface area contributed by atoms with E-state index in [0.717, 1.165) is 37.7 Å². The molecule has 0 radical (unpaired) electrons. The number of epoxide rings is 1. The second-order valence-electron chi connectivity index (χ2n) is 14.3. The minimum atomic E-state index is -1.12. The fourth-order valence-electron chi connectivity index (χ4n) is 10.1. The van der Waals surface area contributed by atoms with E-state index in [9.17, 15) is 19.5 Å². The molecule has 11 atom stereocenters. The number of carbonyl (C=O) groups excluding carboxylic acids is 3. The summed E-state index contributed by atoms with van der Waals surface area (Å²) < 4.78 is 23.0. The Morgan fingerprint density at radius 2 is 1.95 bits per heavy atom. The molecule has 3 saturated carbocycles. The second-order valence-corrected chi connectivity index (χ2v) is 14.3. The van der Waals surface area contributed by atoms with Crippen LogP contribution in [0.25, 0.3) is 0 Å². The van der Waals surface area contributed by atoms with Gasteiger partial charge in [0.2, 0.25) is 5.79 Å². The van der Waals surface area contributed by atoms with E-state index in [1.807, 2.05) is 6.92 Å². The van der Waals surface area contributed by atoms with Gasteiger partial charge in [-0.1, -0.05) is 19.4 Å². The molecule has 8 nitrogen and oxygen atoms in total. The Balaban J connectivity index is 1.18. The van der Waals surface area contributed by atoms with Crippen molar-refractivity contribution in [2.45, 2.75) is 110 Å². The quantitative estimate of drug-likeness (QED) is 0.214. The molecular formula is C32H44O8. The highest BCUT2D eigenvalue weighted by molar-refractivity contribution is 5.98. The lowest BCUT2D eigenvalue weighted by Crippen LogP contribution is -2.63. The first-order chi connectivity index (χ1) is 18.8. The average Bonchev–Trinajstić information content (AvgIpc) is 3.52. The molecule has 1 spiro atoms. The van der Waals surface area contributed by atoms with Gasteiger partial charge in [-0.05, 0) is 93.1 Å². The van der Waals surface area contributed by atoms with Crippen molar-refractivity contribution in [2.75, 3.05) is 6.61 Å². The summed E-state index contributed by atoms with van der Waals surface area (Å²) in [5, 5.41) is 10.9. The number of aliphatic hydroxyl groups excluding tert-OH is 1. The Morgan fingerprint density at radius 1 is 1.20 bits per heavy atom. The Labute approximate surface area is 236 Å². The highest BCUT2D eigenvalue weighted by atomic mass is 16.7. The van der Waals surface area contributed by atoms with Gasteiger partial charge < -0.3 is 24.1 Å². The van der Waals surface area contributed by atoms with Crippen LogP contribution in [-0.2, 0) is 33.3 Å². The molecule has 220 valence electrons. The van der Waals surface area contributed by atoms with Crippen LogP contribution in [0.5, 0.6) is 0 Å². The minimum absolute atomic E-state index is 0.0327. The summed E-state index contributed by atoms with van der Waals surface area (Å²) in [6.45, 7) is 12.3. The molecule has 0 aromatic heterocycles. The molecular weight excluding hydrogens is 512 g/mol. The van der Waals surface area contributed by atoms with Gasteiger partial charge in [0.1, 0.15) is 17.8 Å². The molecule has 4 aliphatic carbocycles. The van der Waals surface area contributed by atoms with Crippen molar-refractivity contribution in [3.8, 4) is 0 Å². The predicted octanol–water partition coefficient (Wildman–Crippen LogP) is 4.29. The third-order valence-electron chi connectivity index (χ3n) is 12.3. The molecule has 8 heteroatoms. The molecule has 1 N–H and O–H groups in total. The number of cyclic esters (lactones) is 1. The fourth-order valence-corrected chi connectivity index (χ4v) is 10.1. The Kier molecular flexibility index (Phi) is 6.49. The van der Waals surface area contributed by atoms with Crippen LogP contribution in [0.1, 0.15) is 80.1 Å². The summed E-state index contributed by atoms with van der Waals surface area (Å²) >= 11 is 0. The highest BCUT2D eigenvalue weighted by Gasteiger charge is 2.80. The summed E-state index contributed by atoms with van der Waals surface area (Å²) in [7, 11) is 0. The fraction of sp³-hybridized carbons (Fsp3) is 0.781. The van der Waals surface area contributed by atoms with Crippen LogP contribution in [0, 0.1) is 40.4 Å². The average molecular weight is 557 g/mol. The van der Waals surface area contributed by atoms with E-state index in [4.69, 9.17) is 18.9 Å². The van der Waals surface area contributed by atoms with Crippen LogP contribution in [-0.4, -0.2) is 59.6 Å². The van der Waals surface area contributed by atoms with Crippen LogP contribution in [0.2, 0.25) is 0 Å². The number of ether oxygens (including phenoxy) is 4. The maximum atomic E-state index is 13.4. The SMILES string of the molecule is CC1=C(COC(C)(C)OC=O)C(=O)O[C@@H]([C@@H](C)[C@H]2CC[C@H]3[C@@H]4C[C@H]5O[C@]56[C@@H](O)C=CC(=O)[C@]6(C)[C@H]4CC[C@]23C)C1. The van der Waals surface area contributed by atoms with E-state index < -0.39 is 22.9 Å². The number of hydrogen-bond acceptors (Lipinski definition) is 8. The zero-order valence-corrected chi connectivity index (χ0v) is 24.6. The van der Waals surface area contributed by atoms with Crippen molar-refractivity contribution < 1.29 is 38.4 Å². The molecule has 40 heavy (non-hydrogen) atoms. The van der Waals surface area contributed by atoms with Crippen LogP contribution in [0.15, 0.2) is 23.3 Å². The predicted molar refractivity (Wildman–Crippen MR) is 145 cm³/mol. The van der Waals surface area contributed by atoms with E-state index >= 15 is 0 Å². The smallest absolute Gasteiger partial charge is 0.336 e. The number of ketones is 1. The molecule has 1 saturated heterocycles. The Morgan fingerprint density at radius 3 is 2.65 bits per heavy atom. The van der Waals surface area contributed by atoms with E-state index in [0.29, 0.717) is 36.2 Å². The van der Waals surface area contributed by atoms with Gasteiger partial charge in [0.25, 0.3) is 6.47 Å². The van der Waals surface area contributed by atoms with Crippen molar-refractivity contribution in [3.05, 3.63) is 23.3 Å². The van der Waals surface area contributed by atoms with Gasteiger partial charge in [0.05, 0.1) is 23.7 Å².